The Morgan fingerprint density at radius 1 is 1.20 bits per heavy atom. The highest BCUT2D eigenvalue weighted by Gasteiger charge is 2.05. The maximum absolute atomic E-state index is 5.16. The molecule has 2 aromatic rings. The molecule has 0 aliphatic carbocycles. The molecule has 1 aromatic carbocycles. The molecule has 1 heterocycles. The zero-order valence-corrected chi connectivity index (χ0v) is 12.1. The van der Waals surface area contributed by atoms with Crippen LogP contribution in [0, 0.1) is 0 Å². The largest absolute Gasteiger partial charge is 0.497 e. The predicted molar refractivity (Wildman–Crippen MR) is 81.3 cm³/mol. The molecule has 0 saturated heterocycles. The molecule has 0 amide bonds. The van der Waals surface area contributed by atoms with Gasteiger partial charge in [0.25, 0.3) is 0 Å². The smallest absolute Gasteiger partial charge is 0.149 e. The number of hydrogen-bond donors (Lipinski definition) is 1. The molecule has 1 N–H and O–H groups in total. The molecular weight excluding hydrogens is 252 g/mol. The molecule has 0 aliphatic heterocycles. The van der Waals surface area contributed by atoms with Gasteiger partial charge in [-0.05, 0) is 24.6 Å². The standard InChI is InChI=1S/C15H20N4O/c1-4-17-14-9-16-10-15(18-14)19(2)11-12-5-7-13(20-3)8-6-12/h5-10H,4,11H2,1-3H3,(H,17,18). The highest BCUT2D eigenvalue weighted by atomic mass is 16.5. The monoisotopic (exact) mass is 272 g/mol. The maximum Gasteiger partial charge on any atom is 0.149 e. The number of aromatic nitrogens is 2. The normalized spacial score (nSPS) is 10.2. The summed E-state index contributed by atoms with van der Waals surface area (Å²) in [6.45, 7) is 3.64. The van der Waals surface area contributed by atoms with Crippen molar-refractivity contribution in [3.8, 4) is 5.75 Å². The van der Waals surface area contributed by atoms with Gasteiger partial charge in [-0.25, -0.2) is 4.98 Å². The molecule has 0 bridgehead atoms. The van der Waals surface area contributed by atoms with Crippen molar-refractivity contribution in [2.45, 2.75) is 13.5 Å². The van der Waals surface area contributed by atoms with E-state index in [1.165, 1.54) is 5.56 Å². The van der Waals surface area contributed by atoms with Crippen LogP contribution >= 0.6 is 0 Å². The molecule has 106 valence electrons. The number of anilines is 2. The van der Waals surface area contributed by atoms with Crippen LogP contribution in [0.25, 0.3) is 0 Å². The van der Waals surface area contributed by atoms with E-state index in [1.54, 1.807) is 19.5 Å². The van der Waals surface area contributed by atoms with Crippen molar-refractivity contribution >= 4 is 11.6 Å². The van der Waals surface area contributed by atoms with Crippen molar-refractivity contribution in [3.05, 3.63) is 42.2 Å². The Bertz CT molecular complexity index is 542. The Labute approximate surface area is 119 Å². The zero-order valence-electron chi connectivity index (χ0n) is 12.1. The molecule has 20 heavy (non-hydrogen) atoms. The van der Waals surface area contributed by atoms with Gasteiger partial charge in [-0.2, -0.15) is 0 Å². The number of rotatable bonds is 6. The summed E-state index contributed by atoms with van der Waals surface area (Å²) in [5.74, 6) is 2.51. The Kier molecular flexibility index (Phi) is 4.76. The summed E-state index contributed by atoms with van der Waals surface area (Å²) in [5.41, 5.74) is 1.20. The van der Waals surface area contributed by atoms with Crippen molar-refractivity contribution in [3.63, 3.8) is 0 Å². The lowest BCUT2D eigenvalue weighted by Crippen LogP contribution is -2.18. The van der Waals surface area contributed by atoms with Gasteiger partial charge in [0.2, 0.25) is 0 Å². The second-order valence-corrected chi connectivity index (χ2v) is 4.50. The van der Waals surface area contributed by atoms with Crippen LogP contribution in [0.1, 0.15) is 12.5 Å². The quantitative estimate of drug-likeness (QED) is 0.875. The van der Waals surface area contributed by atoms with Crippen LogP contribution in [0.15, 0.2) is 36.7 Å². The zero-order chi connectivity index (χ0) is 14.4. The third kappa shape index (κ3) is 3.60. The van der Waals surface area contributed by atoms with Crippen LogP contribution in [0.2, 0.25) is 0 Å². The summed E-state index contributed by atoms with van der Waals surface area (Å²) in [6.07, 6.45) is 3.50. The van der Waals surface area contributed by atoms with Gasteiger partial charge in [0.1, 0.15) is 17.4 Å². The summed E-state index contributed by atoms with van der Waals surface area (Å²) in [4.78, 5) is 10.8. The van der Waals surface area contributed by atoms with E-state index >= 15 is 0 Å². The van der Waals surface area contributed by atoms with Gasteiger partial charge in [0, 0.05) is 20.1 Å². The first-order chi connectivity index (χ1) is 9.72. The average Bonchev–Trinajstić information content (AvgIpc) is 2.48. The van der Waals surface area contributed by atoms with Crippen molar-refractivity contribution in [2.24, 2.45) is 0 Å². The van der Waals surface area contributed by atoms with Crippen molar-refractivity contribution in [1.29, 1.82) is 0 Å². The molecule has 0 fully saturated rings. The third-order valence-corrected chi connectivity index (χ3v) is 2.95. The lowest BCUT2D eigenvalue weighted by Gasteiger charge is -2.18. The van der Waals surface area contributed by atoms with Gasteiger partial charge in [-0.3, -0.25) is 4.98 Å². The number of ether oxygens (including phenoxy) is 1. The van der Waals surface area contributed by atoms with Gasteiger partial charge in [0.15, 0.2) is 0 Å². The second kappa shape index (κ2) is 6.75. The minimum atomic E-state index is 0.772. The Morgan fingerprint density at radius 2 is 1.95 bits per heavy atom. The number of benzene rings is 1. The summed E-state index contributed by atoms with van der Waals surface area (Å²) < 4.78 is 5.16. The van der Waals surface area contributed by atoms with Crippen LogP contribution < -0.4 is 15.0 Å². The van der Waals surface area contributed by atoms with E-state index in [-0.39, 0.29) is 0 Å². The Balaban J connectivity index is 2.06. The molecule has 0 atom stereocenters. The molecule has 0 unspecified atom stereocenters. The van der Waals surface area contributed by atoms with E-state index in [0.29, 0.717) is 0 Å². The van der Waals surface area contributed by atoms with E-state index in [4.69, 9.17) is 4.74 Å². The highest BCUT2D eigenvalue weighted by molar-refractivity contribution is 5.44. The fourth-order valence-corrected chi connectivity index (χ4v) is 1.89. The number of nitrogens with zero attached hydrogens (tertiary/aromatic N) is 3. The van der Waals surface area contributed by atoms with Gasteiger partial charge < -0.3 is 15.0 Å². The van der Waals surface area contributed by atoms with E-state index < -0.39 is 0 Å². The van der Waals surface area contributed by atoms with Crippen LogP contribution in [-0.2, 0) is 6.54 Å². The molecule has 5 heteroatoms. The molecular formula is C15H20N4O. The SMILES string of the molecule is CCNc1cncc(N(C)Cc2ccc(OC)cc2)n1. The number of methoxy groups -OCH3 is 1. The summed E-state index contributed by atoms with van der Waals surface area (Å²) in [7, 11) is 3.67. The first-order valence-electron chi connectivity index (χ1n) is 6.63. The van der Waals surface area contributed by atoms with Crippen LogP contribution in [0.5, 0.6) is 5.75 Å². The second-order valence-electron chi connectivity index (χ2n) is 4.50. The van der Waals surface area contributed by atoms with E-state index in [1.807, 2.05) is 26.1 Å². The van der Waals surface area contributed by atoms with Gasteiger partial charge in [-0.1, -0.05) is 12.1 Å². The fourth-order valence-electron chi connectivity index (χ4n) is 1.89. The number of hydrogen-bond acceptors (Lipinski definition) is 5. The van der Waals surface area contributed by atoms with E-state index in [9.17, 15) is 0 Å². The first kappa shape index (κ1) is 14.1. The molecule has 1 aromatic heterocycles. The van der Waals surface area contributed by atoms with E-state index in [2.05, 4.69) is 32.3 Å². The lowest BCUT2D eigenvalue weighted by molar-refractivity contribution is 0.414. The molecule has 0 radical (unpaired) electrons. The van der Waals surface area contributed by atoms with Crippen molar-refractivity contribution in [1.82, 2.24) is 9.97 Å². The van der Waals surface area contributed by atoms with Crippen LogP contribution in [0.3, 0.4) is 0 Å². The van der Waals surface area contributed by atoms with Gasteiger partial charge in [-0.15, -0.1) is 0 Å². The molecule has 0 saturated carbocycles. The molecule has 2 rings (SSSR count). The minimum absolute atomic E-state index is 0.772. The van der Waals surface area contributed by atoms with E-state index in [0.717, 1.165) is 30.5 Å². The fraction of sp³-hybridized carbons (Fsp3) is 0.333. The summed E-state index contributed by atoms with van der Waals surface area (Å²) in [6, 6.07) is 8.03. The Hall–Kier alpha value is -2.30. The highest BCUT2D eigenvalue weighted by Crippen LogP contribution is 2.16. The van der Waals surface area contributed by atoms with Crippen LogP contribution in [-0.4, -0.2) is 30.7 Å². The predicted octanol–water partition coefficient (Wildman–Crippen LogP) is 2.55. The third-order valence-electron chi connectivity index (χ3n) is 2.95. The topological polar surface area (TPSA) is 50.3 Å². The Morgan fingerprint density at radius 3 is 2.60 bits per heavy atom. The maximum atomic E-state index is 5.16. The lowest BCUT2D eigenvalue weighted by atomic mass is 10.2. The number of nitrogens with one attached hydrogen (secondary N) is 1. The average molecular weight is 272 g/mol. The molecule has 0 aliphatic rings. The summed E-state index contributed by atoms with van der Waals surface area (Å²) in [5, 5.41) is 3.16. The summed E-state index contributed by atoms with van der Waals surface area (Å²) >= 11 is 0. The van der Waals surface area contributed by atoms with Gasteiger partial charge >= 0.3 is 0 Å². The molecule has 0 spiro atoms. The minimum Gasteiger partial charge on any atom is -0.497 e. The molecule has 5 nitrogen and oxygen atoms in total. The first-order valence-corrected chi connectivity index (χ1v) is 6.63. The van der Waals surface area contributed by atoms with Crippen LogP contribution in [0.4, 0.5) is 11.6 Å². The van der Waals surface area contributed by atoms with Gasteiger partial charge in [0.05, 0.1) is 19.5 Å². The van der Waals surface area contributed by atoms with Crippen molar-refractivity contribution < 1.29 is 4.74 Å². The van der Waals surface area contributed by atoms with Crippen molar-refractivity contribution in [2.75, 3.05) is 30.9 Å².